The summed E-state index contributed by atoms with van der Waals surface area (Å²) in [7, 11) is 3.00. The van der Waals surface area contributed by atoms with Gasteiger partial charge in [0, 0.05) is 25.8 Å². The second-order valence-corrected chi connectivity index (χ2v) is 4.06. The van der Waals surface area contributed by atoms with Crippen molar-refractivity contribution in [3.63, 3.8) is 0 Å². The fraction of sp³-hybridized carbons (Fsp3) is 0.462. The minimum absolute atomic E-state index is 0.293. The highest BCUT2D eigenvalue weighted by molar-refractivity contribution is 5.83. The Kier molecular flexibility index (Phi) is 4.97. The van der Waals surface area contributed by atoms with E-state index in [0.717, 1.165) is 5.69 Å². The van der Waals surface area contributed by atoms with Gasteiger partial charge in [-0.05, 0) is 19.1 Å². The van der Waals surface area contributed by atoms with Crippen molar-refractivity contribution in [2.75, 3.05) is 26.1 Å². The predicted molar refractivity (Wildman–Crippen MR) is 67.0 cm³/mol. The molecule has 1 aromatic rings. The lowest BCUT2D eigenvalue weighted by Crippen LogP contribution is -2.45. The smallest absolute Gasteiger partial charge is 0.331 e. The molecular weight excluding hydrogens is 218 g/mol. The van der Waals surface area contributed by atoms with E-state index in [4.69, 9.17) is 9.47 Å². The summed E-state index contributed by atoms with van der Waals surface area (Å²) in [5.41, 5.74) is 0.114. The Balaban J connectivity index is 2.80. The summed E-state index contributed by atoms with van der Waals surface area (Å²) in [6.45, 7) is 2.30. The third-order valence-corrected chi connectivity index (χ3v) is 2.64. The van der Waals surface area contributed by atoms with Crippen molar-refractivity contribution in [3.8, 4) is 0 Å². The zero-order valence-electron chi connectivity index (χ0n) is 10.5. The number of para-hydroxylation sites is 1. The number of anilines is 1. The Hall–Kier alpha value is -1.55. The molecule has 94 valence electrons. The van der Waals surface area contributed by atoms with E-state index in [2.05, 4.69) is 5.32 Å². The van der Waals surface area contributed by atoms with Crippen molar-refractivity contribution < 1.29 is 14.3 Å². The SMILES string of the molecule is COCCC(C)(Nc1ccccc1)C(=O)OC. The molecule has 1 aromatic carbocycles. The Morgan fingerprint density at radius 1 is 1.29 bits per heavy atom. The first-order valence-corrected chi connectivity index (χ1v) is 5.53. The van der Waals surface area contributed by atoms with E-state index in [0.29, 0.717) is 13.0 Å². The third-order valence-electron chi connectivity index (χ3n) is 2.64. The summed E-state index contributed by atoms with van der Waals surface area (Å²) in [5.74, 6) is -0.293. The average molecular weight is 237 g/mol. The molecule has 0 heterocycles. The largest absolute Gasteiger partial charge is 0.467 e. The van der Waals surface area contributed by atoms with Gasteiger partial charge in [0.15, 0.2) is 0 Å². The van der Waals surface area contributed by atoms with Crippen molar-refractivity contribution in [3.05, 3.63) is 30.3 Å². The Bertz CT molecular complexity index is 353. The van der Waals surface area contributed by atoms with Crippen LogP contribution in [0.2, 0.25) is 0 Å². The van der Waals surface area contributed by atoms with Crippen molar-refractivity contribution >= 4 is 11.7 Å². The van der Waals surface area contributed by atoms with Crippen molar-refractivity contribution in [1.82, 2.24) is 0 Å². The summed E-state index contributed by atoms with van der Waals surface area (Å²) in [4.78, 5) is 11.8. The van der Waals surface area contributed by atoms with Gasteiger partial charge in [0.1, 0.15) is 5.54 Å². The highest BCUT2D eigenvalue weighted by Gasteiger charge is 2.33. The van der Waals surface area contributed by atoms with E-state index in [1.807, 2.05) is 37.3 Å². The summed E-state index contributed by atoms with van der Waals surface area (Å²) in [6.07, 6.45) is 0.547. The molecule has 0 saturated carbocycles. The molecule has 17 heavy (non-hydrogen) atoms. The van der Waals surface area contributed by atoms with Crippen LogP contribution in [0, 0.1) is 0 Å². The van der Waals surface area contributed by atoms with E-state index in [1.54, 1.807) is 7.11 Å². The zero-order valence-corrected chi connectivity index (χ0v) is 10.5. The van der Waals surface area contributed by atoms with E-state index < -0.39 is 5.54 Å². The number of hydrogen-bond donors (Lipinski definition) is 1. The number of methoxy groups -OCH3 is 2. The van der Waals surface area contributed by atoms with Crippen LogP contribution in [0.5, 0.6) is 0 Å². The third kappa shape index (κ3) is 3.75. The van der Waals surface area contributed by atoms with Gasteiger partial charge in [-0.25, -0.2) is 4.79 Å². The second kappa shape index (κ2) is 6.25. The molecule has 1 N–H and O–H groups in total. The maximum atomic E-state index is 11.8. The minimum atomic E-state index is -0.772. The summed E-state index contributed by atoms with van der Waals surface area (Å²) in [6, 6.07) is 9.57. The predicted octanol–water partition coefficient (Wildman–Crippen LogP) is 2.07. The number of hydrogen-bond acceptors (Lipinski definition) is 4. The number of carbonyl (C=O) groups is 1. The van der Waals surface area contributed by atoms with E-state index in [-0.39, 0.29) is 5.97 Å². The molecule has 0 amide bonds. The number of rotatable bonds is 6. The zero-order chi connectivity index (χ0) is 12.7. The number of ether oxygens (including phenoxy) is 2. The highest BCUT2D eigenvalue weighted by Crippen LogP contribution is 2.20. The van der Waals surface area contributed by atoms with E-state index >= 15 is 0 Å². The van der Waals surface area contributed by atoms with Crippen LogP contribution in [-0.4, -0.2) is 32.3 Å². The van der Waals surface area contributed by atoms with Crippen LogP contribution >= 0.6 is 0 Å². The van der Waals surface area contributed by atoms with Crippen LogP contribution in [0.1, 0.15) is 13.3 Å². The van der Waals surface area contributed by atoms with Gasteiger partial charge >= 0.3 is 5.97 Å². The molecular formula is C13H19NO3. The summed E-state index contributed by atoms with van der Waals surface area (Å²) < 4.78 is 9.85. The van der Waals surface area contributed by atoms with Gasteiger partial charge in [0.25, 0.3) is 0 Å². The van der Waals surface area contributed by atoms with Gasteiger partial charge in [0.05, 0.1) is 7.11 Å². The van der Waals surface area contributed by atoms with Crippen LogP contribution in [0.15, 0.2) is 30.3 Å². The van der Waals surface area contributed by atoms with Crippen LogP contribution in [0.25, 0.3) is 0 Å². The molecule has 1 rings (SSSR count). The van der Waals surface area contributed by atoms with E-state index in [1.165, 1.54) is 7.11 Å². The highest BCUT2D eigenvalue weighted by atomic mass is 16.5. The maximum Gasteiger partial charge on any atom is 0.331 e. The van der Waals surface area contributed by atoms with Gasteiger partial charge in [0.2, 0.25) is 0 Å². The van der Waals surface area contributed by atoms with Crippen molar-refractivity contribution in [2.45, 2.75) is 18.9 Å². The Labute approximate surface area is 102 Å². The molecule has 0 aromatic heterocycles. The lowest BCUT2D eigenvalue weighted by Gasteiger charge is -2.28. The molecule has 0 aliphatic rings. The summed E-state index contributed by atoms with van der Waals surface area (Å²) >= 11 is 0. The molecule has 0 spiro atoms. The van der Waals surface area contributed by atoms with Gasteiger partial charge in [-0.15, -0.1) is 0 Å². The normalized spacial score (nSPS) is 13.8. The van der Waals surface area contributed by atoms with Gasteiger partial charge in [-0.1, -0.05) is 18.2 Å². The van der Waals surface area contributed by atoms with Gasteiger partial charge < -0.3 is 14.8 Å². The molecule has 0 aliphatic heterocycles. The van der Waals surface area contributed by atoms with Crippen molar-refractivity contribution in [1.29, 1.82) is 0 Å². The topological polar surface area (TPSA) is 47.6 Å². The molecule has 1 unspecified atom stereocenters. The average Bonchev–Trinajstić information content (AvgIpc) is 2.36. The van der Waals surface area contributed by atoms with Gasteiger partial charge in [-0.3, -0.25) is 0 Å². The Morgan fingerprint density at radius 2 is 1.94 bits per heavy atom. The molecule has 4 nitrogen and oxygen atoms in total. The van der Waals surface area contributed by atoms with Crippen LogP contribution < -0.4 is 5.32 Å². The van der Waals surface area contributed by atoms with E-state index in [9.17, 15) is 4.79 Å². The summed E-state index contributed by atoms with van der Waals surface area (Å²) in [5, 5.41) is 3.19. The monoisotopic (exact) mass is 237 g/mol. The number of nitrogens with one attached hydrogen (secondary N) is 1. The van der Waals surface area contributed by atoms with Crippen molar-refractivity contribution in [2.24, 2.45) is 0 Å². The molecule has 4 heteroatoms. The van der Waals surface area contributed by atoms with Crippen LogP contribution in [0.4, 0.5) is 5.69 Å². The molecule has 0 bridgehead atoms. The fourth-order valence-corrected chi connectivity index (χ4v) is 1.59. The maximum absolute atomic E-state index is 11.8. The number of carbonyl (C=O) groups excluding carboxylic acids is 1. The number of esters is 1. The van der Waals surface area contributed by atoms with Gasteiger partial charge in [-0.2, -0.15) is 0 Å². The molecule has 0 saturated heterocycles. The molecule has 0 radical (unpaired) electrons. The minimum Gasteiger partial charge on any atom is -0.467 e. The standard InChI is InChI=1S/C13H19NO3/c1-13(9-10-16-2,12(15)17-3)14-11-7-5-4-6-8-11/h4-8,14H,9-10H2,1-3H3. The number of benzene rings is 1. The first kappa shape index (κ1) is 13.5. The molecule has 0 aliphatic carbocycles. The second-order valence-electron chi connectivity index (χ2n) is 4.06. The quantitative estimate of drug-likeness (QED) is 0.769. The Morgan fingerprint density at radius 3 is 2.47 bits per heavy atom. The first-order chi connectivity index (χ1) is 8.12. The first-order valence-electron chi connectivity index (χ1n) is 5.53. The lowest BCUT2D eigenvalue weighted by molar-refractivity contribution is -0.146. The molecule has 1 atom stereocenters. The lowest BCUT2D eigenvalue weighted by atomic mass is 9.98. The molecule has 0 fully saturated rings. The van der Waals surface area contributed by atoms with Crippen LogP contribution in [-0.2, 0) is 14.3 Å². The fourth-order valence-electron chi connectivity index (χ4n) is 1.59. The van der Waals surface area contributed by atoms with Crippen LogP contribution in [0.3, 0.4) is 0 Å².